The smallest absolute Gasteiger partial charge is 0.328 e. The van der Waals surface area contributed by atoms with Crippen LogP contribution in [-0.4, -0.2) is 17.0 Å². The molecule has 5 heteroatoms. The molecule has 0 aliphatic heterocycles. The summed E-state index contributed by atoms with van der Waals surface area (Å²) in [5.74, 6) is -0.609. The number of rotatable bonds is 5. The standard InChI is InChI=1S/C12H13NO3S/c14-11(15)4-1-8-5-10(17-7-8)6-13-12(16)9-2-3-9/h1,4-5,7,9H,2-3,6H2,(H,13,16)(H,14,15). The van der Waals surface area contributed by atoms with Crippen LogP contribution in [0.2, 0.25) is 0 Å². The lowest BCUT2D eigenvalue weighted by Gasteiger charge is -2.00. The van der Waals surface area contributed by atoms with E-state index in [-0.39, 0.29) is 11.8 Å². The van der Waals surface area contributed by atoms with Gasteiger partial charge in [0.1, 0.15) is 0 Å². The molecule has 2 rings (SSSR count). The van der Waals surface area contributed by atoms with Gasteiger partial charge < -0.3 is 10.4 Å². The number of nitrogens with one attached hydrogen (secondary N) is 1. The zero-order valence-electron chi connectivity index (χ0n) is 9.18. The SMILES string of the molecule is O=C(O)C=Cc1csc(CNC(=O)C2CC2)c1. The molecule has 1 aromatic heterocycles. The quantitative estimate of drug-likeness (QED) is 0.785. The van der Waals surface area contributed by atoms with Crippen molar-refractivity contribution in [1.29, 1.82) is 0 Å². The van der Waals surface area contributed by atoms with Crippen LogP contribution in [0, 0.1) is 5.92 Å². The molecule has 1 amide bonds. The van der Waals surface area contributed by atoms with Crippen LogP contribution in [0.4, 0.5) is 0 Å². The first-order valence-electron chi connectivity index (χ1n) is 5.41. The summed E-state index contributed by atoms with van der Waals surface area (Å²) in [6.07, 6.45) is 4.66. The number of hydrogen-bond acceptors (Lipinski definition) is 3. The Balaban J connectivity index is 1.85. The summed E-state index contributed by atoms with van der Waals surface area (Å²) in [7, 11) is 0. The van der Waals surface area contributed by atoms with Crippen molar-refractivity contribution < 1.29 is 14.7 Å². The molecule has 0 aromatic carbocycles. The molecule has 1 fully saturated rings. The normalized spacial score (nSPS) is 15.1. The molecule has 1 aliphatic rings. The minimum absolute atomic E-state index is 0.126. The summed E-state index contributed by atoms with van der Waals surface area (Å²) >= 11 is 1.52. The first-order valence-corrected chi connectivity index (χ1v) is 6.29. The van der Waals surface area contributed by atoms with E-state index >= 15 is 0 Å². The highest BCUT2D eigenvalue weighted by atomic mass is 32.1. The molecule has 1 aliphatic carbocycles. The summed E-state index contributed by atoms with van der Waals surface area (Å²) in [5, 5.41) is 13.2. The van der Waals surface area contributed by atoms with E-state index in [1.165, 1.54) is 11.3 Å². The Kier molecular flexibility index (Phi) is 3.58. The Labute approximate surface area is 103 Å². The Morgan fingerprint density at radius 1 is 1.53 bits per heavy atom. The van der Waals surface area contributed by atoms with Gasteiger partial charge in [0.25, 0.3) is 0 Å². The van der Waals surface area contributed by atoms with E-state index < -0.39 is 5.97 Å². The second-order valence-electron chi connectivity index (χ2n) is 4.01. The lowest BCUT2D eigenvalue weighted by Crippen LogP contribution is -2.23. The van der Waals surface area contributed by atoms with E-state index in [2.05, 4.69) is 5.32 Å². The van der Waals surface area contributed by atoms with Gasteiger partial charge in [0.2, 0.25) is 5.91 Å². The van der Waals surface area contributed by atoms with Crippen molar-refractivity contribution in [1.82, 2.24) is 5.32 Å². The molecular weight excluding hydrogens is 238 g/mol. The lowest BCUT2D eigenvalue weighted by molar-refractivity contribution is -0.131. The van der Waals surface area contributed by atoms with Crippen LogP contribution < -0.4 is 5.32 Å². The Morgan fingerprint density at radius 3 is 2.94 bits per heavy atom. The lowest BCUT2D eigenvalue weighted by atomic mass is 10.3. The molecule has 1 aromatic rings. The summed E-state index contributed by atoms with van der Waals surface area (Å²) < 4.78 is 0. The Bertz CT molecular complexity index is 460. The summed E-state index contributed by atoms with van der Waals surface area (Å²) in [5.41, 5.74) is 0.855. The molecule has 0 unspecified atom stereocenters. The molecule has 1 saturated carbocycles. The molecule has 0 saturated heterocycles. The van der Waals surface area contributed by atoms with Crippen molar-refractivity contribution in [3.8, 4) is 0 Å². The zero-order chi connectivity index (χ0) is 12.3. The predicted molar refractivity (Wildman–Crippen MR) is 65.6 cm³/mol. The van der Waals surface area contributed by atoms with Gasteiger partial charge in [-0.15, -0.1) is 11.3 Å². The van der Waals surface area contributed by atoms with E-state index in [9.17, 15) is 9.59 Å². The number of carbonyl (C=O) groups is 2. The van der Waals surface area contributed by atoms with Crippen LogP contribution in [0.3, 0.4) is 0 Å². The maximum absolute atomic E-state index is 11.4. The molecule has 0 atom stereocenters. The fourth-order valence-electron chi connectivity index (χ4n) is 1.41. The highest BCUT2D eigenvalue weighted by Gasteiger charge is 2.29. The van der Waals surface area contributed by atoms with E-state index in [4.69, 9.17) is 5.11 Å². The molecule has 1 heterocycles. The Hall–Kier alpha value is -1.62. The number of hydrogen-bond donors (Lipinski definition) is 2. The van der Waals surface area contributed by atoms with Crippen LogP contribution in [0.15, 0.2) is 17.5 Å². The molecule has 0 radical (unpaired) electrons. The van der Waals surface area contributed by atoms with Gasteiger partial charge >= 0.3 is 5.97 Å². The fraction of sp³-hybridized carbons (Fsp3) is 0.333. The number of amides is 1. The monoisotopic (exact) mass is 251 g/mol. The largest absolute Gasteiger partial charge is 0.478 e. The third-order valence-electron chi connectivity index (χ3n) is 2.48. The van der Waals surface area contributed by atoms with E-state index in [0.29, 0.717) is 6.54 Å². The second kappa shape index (κ2) is 5.14. The summed E-state index contributed by atoms with van der Waals surface area (Å²) in [4.78, 5) is 22.8. The topological polar surface area (TPSA) is 66.4 Å². The number of carboxylic acid groups (broad SMARTS) is 1. The minimum Gasteiger partial charge on any atom is -0.478 e. The van der Waals surface area contributed by atoms with Gasteiger partial charge in [0.15, 0.2) is 0 Å². The average molecular weight is 251 g/mol. The van der Waals surface area contributed by atoms with Crippen molar-refractivity contribution in [2.24, 2.45) is 5.92 Å². The zero-order valence-corrected chi connectivity index (χ0v) is 10.00. The molecule has 4 nitrogen and oxygen atoms in total. The van der Waals surface area contributed by atoms with Crippen molar-refractivity contribution in [2.45, 2.75) is 19.4 Å². The maximum Gasteiger partial charge on any atom is 0.328 e. The fourth-order valence-corrected chi connectivity index (χ4v) is 2.20. The van der Waals surface area contributed by atoms with Gasteiger partial charge in [0.05, 0.1) is 6.54 Å². The summed E-state index contributed by atoms with van der Waals surface area (Å²) in [6, 6.07) is 1.89. The van der Waals surface area contributed by atoms with Crippen LogP contribution in [-0.2, 0) is 16.1 Å². The number of thiophene rings is 1. The second-order valence-corrected chi connectivity index (χ2v) is 5.01. The van der Waals surface area contributed by atoms with Crippen LogP contribution in [0.5, 0.6) is 0 Å². The molecule has 90 valence electrons. The van der Waals surface area contributed by atoms with E-state index in [1.807, 2.05) is 11.4 Å². The van der Waals surface area contributed by atoms with Crippen molar-refractivity contribution in [3.05, 3.63) is 28.0 Å². The van der Waals surface area contributed by atoms with Gasteiger partial charge in [-0.3, -0.25) is 4.79 Å². The molecule has 17 heavy (non-hydrogen) atoms. The van der Waals surface area contributed by atoms with Gasteiger partial charge in [-0.1, -0.05) is 0 Å². The third-order valence-corrected chi connectivity index (χ3v) is 3.43. The van der Waals surface area contributed by atoms with E-state index in [0.717, 1.165) is 29.4 Å². The van der Waals surface area contributed by atoms with Gasteiger partial charge in [0, 0.05) is 16.9 Å². The minimum atomic E-state index is -0.959. The number of aliphatic carboxylic acids is 1. The molecular formula is C12H13NO3S. The van der Waals surface area contributed by atoms with Crippen LogP contribution in [0.1, 0.15) is 23.3 Å². The molecule has 0 bridgehead atoms. The third kappa shape index (κ3) is 3.71. The maximum atomic E-state index is 11.4. The highest BCUT2D eigenvalue weighted by molar-refractivity contribution is 7.10. The van der Waals surface area contributed by atoms with Crippen molar-refractivity contribution in [3.63, 3.8) is 0 Å². The number of carbonyl (C=O) groups excluding carboxylic acids is 1. The first-order chi connectivity index (χ1) is 8.15. The van der Waals surface area contributed by atoms with E-state index in [1.54, 1.807) is 6.08 Å². The highest BCUT2D eigenvalue weighted by Crippen LogP contribution is 2.29. The van der Waals surface area contributed by atoms with Gasteiger partial charge in [-0.05, 0) is 35.9 Å². The number of carboxylic acids is 1. The molecule has 0 spiro atoms. The van der Waals surface area contributed by atoms with Crippen LogP contribution >= 0.6 is 11.3 Å². The Morgan fingerprint density at radius 2 is 2.29 bits per heavy atom. The predicted octanol–water partition coefficient (Wildman–Crippen LogP) is 1.87. The van der Waals surface area contributed by atoms with Gasteiger partial charge in [-0.25, -0.2) is 4.79 Å². The first kappa shape index (κ1) is 11.9. The average Bonchev–Trinajstić information content (AvgIpc) is 3.04. The molecule has 2 N–H and O–H groups in total. The van der Waals surface area contributed by atoms with Crippen LogP contribution in [0.25, 0.3) is 6.08 Å². The van der Waals surface area contributed by atoms with Crippen molar-refractivity contribution >= 4 is 29.3 Å². The summed E-state index contributed by atoms with van der Waals surface area (Å²) in [6.45, 7) is 0.529. The van der Waals surface area contributed by atoms with Crippen molar-refractivity contribution in [2.75, 3.05) is 0 Å². The van der Waals surface area contributed by atoms with Gasteiger partial charge in [-0.2, -0.15) is 0 Å².